The Morgan fingerprint density at radius 2 is 2.04 bits per heavy atom. The summed E-state index contributed by atoms with van der Waals surface area (Å²) in [5, 5.41) is 15.5. The molecule has 5 rings (SSSR count). The Hall–Kier alpha value is -1.36. The van der Waals surface area contributed by atoms with Crippen molar-refractivity contribution in [2.75, 3.05) is 30.4 Å². The topological polar surface area (TPSA) is 53.1 Å². The van der Waals surface area contributed by atoms with Gasteiger partial charge in [-0.2, -0.15) is 5.10 Å². The van der Waals surface area contributed by atoms with E-state index >= 15 is 0 Å². The molecule has 1 aromatic rings. The molecule has 3 aliphatic carbocycles. The number of rotatable bonds is 4. The van der Waals surface area contributed by atoms with Crippen LogP contribution in [-0.4, -0.2) is 42.4 Å². The van der Waals surface area contributed by atoms with Crippen LogP contribution in [-0.2, 0) is 0 Å². The summed E-state index contributed by atoms with van der Waals surface area (Å²) in [7, 11) is 2.02. The van der Waals surface area contributed by atoms with Crippen molar-refractivity contribution in [3.8, 4) is 0 Å². The van der Waals surface area contributed by atoms with Gasteiger partial charge in [-0.15, -0.1) is 5.10 Å². The maximum absolute atomic E-state index is 4.32. The third-order valence-electron chi connectivity index (χ3n) is 6.98. The molecule has 4 atom stereocenters. The van der Waals surface area contributed by atoms with Crippen LogP contribution in [0.4, 0.5) is 11.5 Å². The predicted molar refractivity (Wildman–Crippen MR) is 93.7 cm³/mol. The van der Waals surface area contributed by atoms with E-state index < -0.39 is 0 Å². The Morgan fingerprint density at radius 1 is 1.26 bits per heavy atom. The van der Waals surface area contributed by atoms with Crippen molar-refractivity contribution in [3.63, 3.8) is 0 Å². The summed E-state index contributed by atoms with van der Waals surface area (Å²) in [4.78, 5) is 2.35. The lowest BCUT2D eigenvalue weighted by molar-refractivity contribution is -0.105. The molecule has 1 aliphatic heterocycles. The number of aromatic nitrogens is 2. The number of hydrogen-bond donors (Lipinski definition) is 2. The molecule has 3 saturated carbocycles. The highest BCUT2D eigenvalue weighted by molar-refractivity contribution is 5.54. The summed E-state index contributed by atoms with van der Waals surface area (Å²) in [5.41, 5.74) is 1.72. The average Bonchev–Trinajstić information content (AvgIpc) is 2.48. The Morgan fingerprint density at radius 3 is 2.70 bits per heavy atom. The fourth-order valence-corrected chi connectivity index (χ4v) is 5.00. The van der Waals surface area contributed by atoms with Crippen LogP contribution in [0, 0.1) is 23.2 Å². The van der Waals surface area contributed by atoms with E-state index in [2.05, 4.69) is 52.6 Å². The molecule has 0 spiro atoms. The van der Waals surface area contributed by atoms with Crippen LogP contribution in [0.3, 0.4) is 0 Å². The van der Waals surface area contributed by atoms with Crippen molar-refractivity contribution < 1.29 is 0 Å². The molecule has 23 heavy (non-hydrogen) atoms. The van der Waals surface area contributed by atoms with Gasteiger partial charge < -0.3 is 15.5 Å². The van der Waals surface area contributed by atoms with Crippen LogP contribution < -0.4 is 15.5 Å². The van der Waals surface area contributed by atoms with Crippen LogP contribution in [0.1, 0.15) is 33.6 Å². The molecule has 0 aromatic carbocycles. The van der Waals surface area contributed by atoms with E-state index in [4.69, 9.17) is 0 Å². The highest BCUT2D eigenvalue weighted by Gasteiger charge is 2.56. The number of likely N-dealkylation sites (N-methyl/N-ethyl adjacent to an activating group) is 1. The Kier molecular flexibility index (Phi) is 3.52. The lowest BCUT2D eigenvalue weighted by Gasteiger charge is -2.62. The van der Waals surface area contributed by atoms with Crippen LogP contribution >= 0.6 is 0 Å². The molecule has 2 N–H and O–H groups in total. The van der Waals surface area contributed by atoms with E-state index in [9.17, 15) is 0 Å². The summed E-state index contributed by atoms with van der Waals surface area (Å²) in [6.07, 6.45) is 4.56. The summed E-state index contributed by atoms with van der Waals surface area (Å²) >= 11 is 0. The van der Waals surface area contributed by atoms with E-state index in [1.807, 2.05) is 13.2 Å². The Balaban J connectivity index is 1.42. The van der Waals surface area contributed by atoms with Crippen molar-refractivity contribution in [1.29, 1.82) is 0 Å². The highest BCUT2D eigenvalue weighted by atomic mass is 15.3. The maximum atomic E-state index is 4.32. The largest absolute Gasteiger partial charge is 0.367 e. The summed E-state index contributed by atoms with van der Waals surface area (Å²) in [5.74, 6) is 3.36. The van der Waals surface area contributed by atoms with Crippen molar-refractivity contribution in [1.82, 2.24) is 15.5 Å². The highest BCUT2D eigenvalue weighted by Crippen LogP contribution is 2.61. The second-order valence-electron chi connectivity index (χ2n) is 8.40. The molecule has 2 heterocycles. The van der Waals surface area contributed by atoms with Crippen molar-refractivity contribution in [2.24, 2.45) is 23.2 Å². The molecule has 0 radical (unpaired) electrons. The normalized spacial score (nSPS) is 35.4. The molecular weight excluding hydrogens is 286 g/mol. The average molecular weight is 315 g/mol. The monoisotopic (exact) mass is 315 g/mol. The fraction of sp³-hybridized carbons (Fsp3) is 0.778. The van der Waals surface area contributed by atoms with E-state index in [1.54, 1.807) is 0 Å². The first-order valence-electron chi connectivity index (χ1n) is 9.00. The van der Waals surface area contributed by atoms with Crippen LogP contribution in [0.5, 0.6) is 0 Å². The van der Waals surface area contributed by atoms with Crippen molar-refractivity contribution in [3.05, 3.63) is 12.3 Å². The van der Waals surface area contributed by atoms with Crippen LogP contribution in [0.15, 0.2) is 12.3 Å². The number of nitrogens with one attached hydrogen (secondary N) is 2. The van der Waals surface area contributed by atoms with E-state index in [1.165, 1.54) is 18.5 Å². The molecule has 0 amide bonds. The van der Waals surface area contributed by atoms with Crippen molar-refractivity contribution in [2.45, 2.75) is 45.7 Å². The SMILES string of the molecule is CNC1CN(c2cnnc(NC3C[C@@H]4C[C@@H](C3C)C4(C)C)c2)C1. The molecule has 4 fully saturated rings. The lowest BCUT2D eigenvalue weighted by atomic mass is 9.45. The van der Waals surface area contributed by atoms with Crippen LogP contribution in [0.25, 0.3) is 0 Å². The molecule has 126 valence electrons. The number of hydrogen-bond acceptors (Lipinski definition) is 5. The standard InChI is InChI=1S/C18H29N5/c1-11-15-5-12(18(15,2)3)6-16(11)21-17-7-14(8-20-22-17)23-9-13(10-23)19-4/h7-8,11-13,15-16,19H,5-6,9-10H2,1-4H3,(H,21,22)/t11?,12-,15-,16?/m0/s1. The Labute approximate surface area is 139 Å². The van der Waals surface area contributed by atoms with Gasteiger partial charge in [0.05, 0.1) is 11.9 Å². The summed E-state index contributed by atoms with van der Waals surface area (Å²) in [6.45, 7) is 9.41. The van der Waals surface area contributed by atoms with E-state index in [-0.39, 0.29) is 0 Å². The van der Waals surface area contributed by atoms with Gasteiger partial charge in [0.1, 0.15) is 0 Å². The summed E-state index contributed by atoms with van der Waals surface area (Å²) < 4.78 is 0. The minimum absolute atomic E-state index is 0.533. The predicted octanol–water partition coefficient (Wildman–Crippen LogP) is 2.37. The molecule has 1 aromatic heterocycles. The first kappa shape index (κ1) is 15.2. The van der Waals surface area contributed by atoms with E-state index in [0.29, 0.717) is 23.4 Å². The van der Waals surface area contributed by atoms with Crippen LogP contribution in [0.2, 0.25) is 0 Å². The third-order valence-corrected chi connectivity index (χ3v) is 6.98. The first-order valence-corrected chi connectivity index (χ1v) is 9.00. The van der Waals surface area contributed by atoms with E-state index in [0.717, 1.165) is 30.7 Å². The summed E-state index contributed by atoms with van der Waals surface area (Å²) in [6, 6.07) is 3.31. The van der Waals surface area contributed by atoms with Gasteiger partial charge in [0.15, 0.2) is 5.82 Å². The molecule has 1 saturated heterocycles. The second-order valence-corrected chi connectivity index (χ2v) is 8.40. The maximum Gasteiger partial charge on any atom is 0.150 e. The van der Waals surface area contributed by atoms with Gasteiger partial charge in [-0.3, -0.25) is 0 Å². The molecular formula is C18H29N5. The van der Waals surface area contributed by atoms with Gasteiger partial charge in [-0.05, 0) is 43.1 Å². The van der Waals surface area contributed by atoms with Gasteiger partial charge in [0, 0.05) is 31.2 Å². The zero-order valence-electron chi connectivity index (χ0n) is 14.7. The van der Waals surface area contributed by atoms with Gasteiger partial charge in [-0.25, -0.2) is 0 Å². The zero-order valence-corrected chi connectivity index (χ0v) is 14.7. The quantitative estimate of drug-likeness (QED) is 0.893. The van der Waals surface area contributed by atoms with Gasteiger partial charge in [0.2, 0.25) is 0 Å². The molecule has 5 heteroatoms. The van der Waals surface area contributed by atoms with Gasteiger partial charge in [-0.1, -0.05) is 20.8 Å². The smallest absolute Gasteiger partial charge is 0.150 e. The number of fused-ring (bicyclic) bond motifs is 2. The molecule has 2 unspecified atom stereocenters. The zero-order chi connectivity index (χ0) is 16.2. The minimum atomic E-state index is 0.533. The number of anilines is 2. The second kappa shape index (κ2) is 5.33. The number of nitrogens with zero attached hydrogens (tertiary/aromatic N) is 3. The molecule has 4 aliphatic rings. The lowest BCUT2D eigenvalue weighted by Crippen LogP contribution is -2.58. The van der Waals surface area contributed by atoms with Gasteiger partial charge in [0.25, 0.3) is 0 Å². The molecule has 2 bridgehead atoms. The molecule has 5 nitrogen and oxygen atoms in total. The third kappa shape index (κ3) is 2.40. The fourth-order valence-electron chi connectivity index (χ4n) is 5.00. The first-order chi connectivity index (χ1) is 11.0. The minimum Gasteiger partial charge on any atom is -0.367 e. The Bertz CT molecular complexity index is 581. The van der Waals surface area contributed by atoms with Crippen molar-refractivity contribution >= 4 is 11.5 Å². The van der Waals surface area contributed by atoms with Gasteiger partial charge >= 0.3 is 0 Å².